The van der Waals surface area contributed by atoms with Gasteiger partial charge in [0.05, 0.1) is 16.8 Å². The maximum Gasteiger partial charge on any atom is 0.339 e. The molecule has 0 unspecified atom stereocenters. The van der Waals surface area contributed by atoms with Gasteiger partial charge in [-0.15, -0.1) is 0 Å². The molecule has 0 aliphatic heterocycles. The van der Waals surface area contributed by atoms with Gasteiger partial charge < -0.3 is 4.74 Å². The maximum absolute atomic E-state index is 13.3. The Hall–Kier alpha value is -3.02. The number of aromatic nitrogens is 1. The number of benzene rings is 3. The van der Waals surface area contributed by atoms with E-state index in [2.05, 4.69) is 15.9 Å². The van der Waals surface area contributed by atoms with E-state index in [0.29, 0.717) is 39.2 Å². The Balaban J connectivity index is 1.74. The number of esters is 1. The molecule has 160 valence electrons. The summed E-state index contributed by atoms with van der Waals surface area (Å²) in [6, 6.07) is 23.3. The van der Waals surface area contributed by atoms with Gasteiger partial charge in [-0.1, -0.05) is 76.9 Å². The fraction of sp³-hybridized carbons (Fsp3) is 0.115. The molecule has 0 aliphatic carbocycles. The predicted molar refractivity (Wildman–Crippen MR) is 130 cm³/mol. The molecule has 0 spiro atoms. The van der Waals surface area contributed by atoms with Gasteiger partial charge in [-0.3, -0.25) is 4.79 Å². The summed E-state index contributed by atoms with van der Waals surface area (Å²) in [5.41, 5.74) is 2.94. The first-order valence-electron chi connectivity index (χ1n) is 10.1. The summed E-state index contributed by atoms with van der Waals surface area (Å²) in [5, 5.41) is 1.26. The van der Waals surface area contributed by atoms with Crippen molar-refractivity contribution >= 4 is 50.2 Å². The van der Waals surface area contributed by atoms with E-state index in [-0.39, 0.29) is 5.78 Å². The van der Waals surface area contributed by atoms with Crippen LogP contribution in [0.4, 0.5) is 0 Å². The molecule has 0 aliphatic rings. The highest BCUT2D eigenvalue weighted by Gasteiger charge is 2.25. The zero-order valence-electron chi connectivity index (χ0n) is 17.2. The van der Waals surface area contributed by atoms with Gasteiger partial charge in [0.2, 0.25) is 5.78 Å². The quantitative estimate of drug-likeness (QED) is 0.205. The molecule has 4 nitrogen and oxygen atoms in total. The number of hydrogen-bond acceptors (Lipinski definition) is 4. The Labute approximate surface area is 199 Å². The van der Waals surface area contributed by atoms with Gasteiger partial charge in [-0.05, 0) is 42.8 Å². The highest BCUT2D eigenvalue weighted by Crippen LogP contribution is 2.29. The van der Waals surface area contributed by atoms with Gasteiger partial charge in [0.25, 0.3) is 0 Å². The molecule has 3 aromatic carbocycles. The second kappa shape index (κ2) is 9.63. The van der Waals surface area contributed by atoms with Crippen LogP contribution in [0.1, 0.15) is 34.1 Å². The summed E-state index contributed by atoms with van der Waals surface area (Å²) in [5.74, 6) is -0.791. The normalized spacial score (nSPS) is 11.8. The SMILES string of the molecule is CC[C@@H](OC(=O)c1cc(-c2ccc(Cl)cc2)nc2ccc(Br)cc12)C(=O)c1ccccc1. The van der Waals surface area contributed by atoms with Crippen molar-refractivity contribution in [1.82, 2.24) is 4.98 Å². The molecule has 0 N–H and O–H groups in total. The van der Waals surface area contributed by atoms with Crippen LogP contribution in [0.5, 0.6) is 0 Å². The number of carbonyl (C=O) groups is 2. The summed E-state index contributed by atoms with van der Waals surface area (Å²) < 4.78 is 6.52. The lowest BCUT2D eigenvalue weighted by Gasteiger charge is -2.17. The van der Waals surface area contributed by atoms with Crippen LogP contribution in [0.3, 0.4) is 0 Å². The highest BCUT2D eigenvalue weighted by atomic mass is 79.9. The first kappa shape index (κ1) is 22.2. The van der Waals surface area contributed by atoms with Crippen LogP contribution >= 0.6 is 27.5 Å². The number of fused-ring (bicyclic) bond motifs is 1. The second-order valence-electron chi connectivity index (χ2n) is 7.26. The maximum atomic E-state index is 13.3. The molecular weight excluding hydrogens is 490 g/mol. The lowest BCUT2D eigenvalue weighted by molar-refractivity contribution is 0.0279. The third kappa shape index (κ3) is 4.74. The summed E-state index contributed by atoms with van der Waals surface area (Å²) in [6.07, 6.45) is -0.504. The Bertz CT molecular complexity index is 1290. The Morgan fingerprint density at radius 1 is 1.00 bits per heavy atom. The van der Waals surface area contributed by atoms with E-state index in [1.165, 1.54) is 0 Å². The minimum absolute atomic E-state index is 0.223. The van der Waals surface area contributed by atoms with E-state index in [4.69, 9.17) is 21.3 Å². The van der Waals surface area contributed by atoms with Crippen molar-refractivity contribution in [2.45, 2.75) is 19.4 Å². The molecule has 0 saturated heterocycles. The fourth-order valence-corrected chi connectivity index (χ4v) is 3.93. The van der Waals surface area contributed by atoms with E-state index in [1.54, 1.807) is 42.5 Å². The fourth-order valence-electron chi connectivity index (χ4n) is 3.44. The standard InChI is InChI=1S/C26H19BrClNO3/c1-2-24(25(30)17-6-4-3-5-7-17)32-26(31)21-15-23(16-8-11-19(28)12-9-16)29-22-13-10-18(27)14-20(21)22/h3-15,24H,2H2,1H3/t24-/m1/s1. The molecule has 0 bridgehead atoms. The van der Waals surface area contributed by atoms with Gasteiger partial charge in [0.1, 0.15) is 0 Å². The average molecular weight is 509 g/mol. The first-order valence-corrected chi connectivity index (χ1v) is 11.3. The third-order valence-corrected chi connectivity index (χ3v) is 5.85. The Kier molecular flexibility index (Phi) is 6.68. The number of ether oxygens (including phenoxy) is 1. The average Bonchev–Trinajstić information content (AvgIpc) is 2.82. The zero-order valence-corrected chi connectivity index (χ0v) is 19.6. The number of nitrogens with zero attached hydrogens (tertiary/aromatic N) is 1. The molecule has 4 aromatic rings. The molecule has 1 heterocycles. The molecule has 0 fully saturated rings. The van der Waals surface area contributed by atoms with Crippen LogP contribution in [0.2, 0.25) is 5.02 Å². The van der Waals surface area contributed by atoms with Crippen molar-refractivity contribution in [2.75, 3.05) is 0 Å². The first-order chi connectivity index (χ1) is 15.5. The number of ketones is 1. The predicted octanol–water partition coefficient (Wildman–Crippen LogP) is 7.14. The smallest absolute Gasteiger partial charge is 0.339 e. The Morgan fingerprint density at radius 2 is 1.72 bits per heavy atom. The van der Waals surface area contributed by atoms with Gasteiger partial charge in [0, 0.05) is 26.0 Å². The van der Waals surface area contributed by atoms with Crippen LogP contribution in [0.25, 0.3) is 22.2 Å². The topological polar surface area (TPSA) is 56.3 Å². The summed E-state index contributed by atoms with van der Waals surface area (Å²) in [4.78, 5) is 30.8. The summed E-state index contributed by atoms with van der Waals surface area (Å²) in [6.45, 7) is 1.82. The number of rotatable bonds is 6. The molecule has 0 radical (unpaired) electrons. The molecule has 32 heavy (non-hydrogen) atoms. The highest BCUT2D eigenvalue weighted by molar-refractivity contribution is 9.10. The molecule has 1 atom stereocenters. The van der Waals surface area contributed by atoms with Crippen LogP contribution in [0, 0.1) is 0 Å². The number of halogens is 2. The van der Waals surface area contributed by atoms with Gasteiger partial charge in [-0.2, -0.15) is 0 Å². The van der Waals surface area contributed by atoms with Gasteiger partial charge in [-0.25, -0.2) is 9.78 Å². The van der Waals surface area contributed by atoms with Crippen molar-refractivity contribution in [3.8, 4) is 11.3 Å². The van der Waals surface area contributed by atoms with Crippen LogP contribution in [0.15, 0.2) is 83.3 Å². The van der Waals surface area contributed by atoms with Crippen molar-refractivity contribution in [2.24, 2.45) is 0 Å². The van der Waals surface area contributed by atoms with Crippen LogP contribution in [-0.2, 0) is 4.74 Å². The van der Waals surface area contributed by atoms with E-state index in [9.17, 15) is 9.59 Å². The minimum Gasteiger partial charge on any atom is -0.450 e. The third-order valence-electron chi connectivity index (χ3n) is 5.10. The summed E-state index contributed by atoms with van der Waals surface area (Å²) in [7, 11) is 0. The van der Waals surface area contributed by atoms with E-state index >= 15 is 0 Å². The van der Waals surface area contributed by atoms with E-state index in [0.717, 1.165) is 10.0 Å². The number of carbonyl (C=O) groups excluding carboxylic acids is 2. The Morgan fingerprint density at radius 3 is 2.41 bits per heavy atom. The number of hydrogen-bond donors (Lipinski definition) is 0. The van der Waals surface area contributed by atoms with Crippen molar-refractivity contribution in [1.29, 1.82) is 0 Å². The van der Waals surface area contributed by atoms with Crippen molar-refractivity contribution in [3.05, 3.63) is 99.5 Å². The van der Waals surface area contributed by atoms with Gasteiger partial charge in [0.15, 0.2) is 6.10 Å². The van der Waals surface area contributed by atoms with E-state index in [1.807, 2.05) is 43.3 Å². The summed E-state index contributed by atoms with van der Waals surface area (Å²) >= 11 is 9.47. The molecular formula is C26H19BrClNO3. The van der Waals surface area contributed by atoms with E-state index < -0.39 is 12.1 Å². The molecule has 0 saturated carbocycles. The molecule has 0 amide bonds. The zero-order chi connectivity index (χ0) is 22.7. The minimum atomic E-state index is -0.876. The van der Waals surface area contributed by atoms with Crippen LogP contribution in [-0.4, -0.2) is 22.8 Å². The van der Waals surface area contributed by atoms with Crippen molar-refractivity contribution < 1.29 is 14.3 Å². The molecule has 1 aromatic heterocycles. The van der Waals surface area contributed by atoms with Crippen LogP contribution < -0.4 is 0 Å². The monoisotopic (exact) mass is 507 g/mol. The molecule has 4 rings (SSSR count). The number of pyridine rings is 1. The largest absolute Gasteiger partial charge is 0.450 e. The second-order valence-corrected chi connectivity index (χ2v) is 8.61. The number of Topliss-reactive ketones (excluding diaryl/α,β-unsaturated/α-hetero) is 1. The lowest BCUT2D eigenvalue weighted by Crippen LogP contribution is -2.27. The van der Waals surface area contributed by atoms with Gasteiger partial charge >= 0.3 is 5.97 Å². The van der Waals surface area contributed by atoms with Crippen molar-refractivity contribution in [3.63, 3.8) is 0 Å². The lowest BCUT2D eigenvalue weighted by atomic mass is 10.0. The molecule has 6 heteroatoms.